The summed E-state index contributed by atoms with van der Waals surface area (Å²) in [6, 6.07) is 17.7. The number of hydrogen-bond donors (Lipinski definition) is 2. The topological polar surface area (TPSA) is 67.2 Å². The molecule has 0 saturated heterocycles. The highest BCUT2D eigenvalue weighted by Crippen LogP contribution is 2.24. The predicted molar refractivity (Wildman–Crippen MR) is 79.7 cm³/mol. The van der Waals surface area contributed by atoms with Gasteiger partial charge in [-0.25, -0.2) is 10.5 Å². The number of benzene rings is 2. The van der Waals surface area contributed by atoms with Crippen LogP contribution in [0.15, 0.2) is 54.6 Å². The van der Waals surface area contributed by atoms with Gasteiger partial charge in [-0.15, -0.1) is 0 Å². The maximum absolute atomic E-state index is 11.3. The van der Waals surface area contributed by atoms with Crippen molar-refractivity contribution in [2.75, 3.05) is 0 Å². The molecular weight excluding hydrogens is 266 g/mol. The van der Waals surface area contributed by atoms with Gasteiger partial charge in [0.15, 0.2) is 0 Å². The van der Waals surface area contributed by atoms with E-state index in [0.29, 0.717) is 6.54 Å². The number of rotatable bonds is 4. The van der Waals surface area contributed by atoms with E-state index >= 15 is 0 Å². The van der Waals surface area contributed by atoms with Crippen LogP contribution in [-0.2, 0) is 11.3 Å². The third kappa shape index (κ3) is 2.64. The highest BCUT2D eigenvalue weighted by molar-refractivity contribution is 5.81. The number of para-hydroxylation sites is 2. The van der Waals surface area contributed by atoms with Crippen LogP contribution in [0.25, 0.3) is 22.4 Å². The smallest absolute Gasteiger partial charge is 0.245 e. The summed E-state index contributed by atoms with van der Waals surface area (Å²) < 4.78 is 2.00. The molecule has 2 aromatic carbocycles. The second-order valence-electron chi connectivity index (χ2n) is 4.73. The van der Waals surface area contributed by atoms with Gasteiger partial charge in [-0.3, -0.25) is 10.0 Å². The van der Waals surface area contributed by atoms with Crippen LogP contribution >= 0.6 is 0 Å². The zero-order valence-corrected chi connectivity index (χ0v) is 11.4. The molecule has 5 nitrogen and oxygen atoms in total. The van der Waals surface area contributed by atoms with Crippen molar-refractivity contribution < 1.29 is 10.0 Å². The highest BCUT2D eigenvalue weighted by Gasteiger charge is 2.12. The maximum atomic E-state index is 11.3. The number of carbonyl (C=O) groups is 1. The van der Waals surface area contributed by atoms with E-state index in [1.807, 2.05) is 59.2 Å². The number of carbonyl (C=O) groups excluding carboxylic acids is 1. The summed E-state index contributed by atoms with van der Waals surface area (Å²) in [7, 11) is 0. The van der Waals surface area contributed by atoms with Gasteiger partial charge in [0.1, 0.15) is 5.82 Å². The van der Waals surface area contributed by atoms with Gasteiger partial charge in [0.25, 0.3) is 0 Å². The molecular formula is C16H15N3O2. The first-order valence-electron chi connectivity index (χ1n) is 6.73. The van der Waals surface area contributed by atoms with E-state index in [4.69, 9.17) is 5.21 Å². The second-order valence-corrected chi connectivity index (χ2v) is 4.73. The molecule has 5 heteroatoms. The normalized spacial score (nSPS) is 10.7. The minimum absolute atomic E-state index is 0.191. The van der Waals surface area contributed by atoms with Crippen molar-refractivity contribution in [1.82, 2.24) is 15.0 Å². The van der Waals surface area contributed by atoms with Crippen molar-refractivity contribution in [3.05, 3.63) is 54.6 Å². The Hall–Kier alpha value is -2.66. The van der Waals surface area contributed by atoms with Gasteiger partial charge in [-0.05, 0) is 12.1 Å². The summed E-state index contributed by atoms with van der Waals surface area (Å²) in [4.78, 5) is 16.0. The first-order valence-corrected chi connectivity index (χ1v) is 6.73. The van der Waals surface area contributed by atoms with Gasteiger partial charge in [-0.1, -0.05) is 42.5 Å². The Morgan fingerprint density at radius 2 is 1.81 bits per heavy atom. The lowest BCUT2D eigenvalue weighted by molar-refractivity contribution is -0.129. The van der Waals surface area contributed by atoms with E-state index in [1.165, 1.54) is 0 Å². The number of hydroxylamine groups is 1. The van der Waals surface area contributed by atoms with E-state index in [2.05, 4.69) is 4.98 Å². The fourth-order valence-electron chi connectivity index (χ4n) is 2.38. The molecule has 0 aliphatic carbocycles. The first kappa shape index (κ1) is 13.3. The van der Waals surface area contributed by atoms with Gasteiger partial charge < -0.3 is 4.57 Å². The van der Waals surface area contributed by atoms with Crippen LogP contribution in [0.3, 0.4) is 0 Å². The summed E-state index contributed by atoms with van der Waals surface area (Å²) in [5.41, 5.74) is 4.52. The molecule has 106 valence electrons. The number of amides is 1. The van der Waals surface area contributed by atoms with Crippen LogP contribution in [0.2, 0.25) is 0 Å². The molecule has 3 aromatic rings. The number of fused-ring (bicyclic) bond motifs is 1. The lowest BCUT2D eigenvalue weighted by Crippen LogP contribution is -2.20. The standard InChI is InChI=1S/C16H15N3O2/c20-15(18-21)10-11-19-14-9-5-4-8-13(14)17-16(19)12-6-2-1-3-7-12/h1-9,21H,10-11H2,(H,18,20). The first-order chi connectivity index (χ1) is 10.3. The minimum atomic E-state index is -0.410. The SMILES string of the molecule is O=C(CCn1c(-c2ccccc2)nc2ccccc21)NO. The van der Waals surface area contributed by atoms with Gasteiger partial charge >= 0.3 is 0 Å². The zero-order chi connectivity index (χ0) is 14.7. The predicted octanol–water partition coefficient (Wildman–Crippen LogP) is 2.60. The molecule has 2 N–H and O–H groups in total. The molecule has 21 heavy (non-hydrogen) atoms. The van der Waals surface area contributed by atoms with Crippen molar-refractivity contribution in [2.45, 2.75) is 13.0 Å². The van der Waals surface area contributed by atoms with E-state index < -0.39 is 5.91 Å². The van der Waals surface area contributed by atoms with Crippen LogP contribution < -0.4 is 5.48 Å². The van der Waals surface area contributed by atoms with E-state index in [-0.39, 0.29) is 6.42 Å². The van der Waals surface area contributed by atoms with Crippen LogP contribution in [0.4, 0.5) is 0 Å². The van der Waals surface area contributed by atoms with Crippen molar-refractivity contribution in [3.8, 4) is 11.4 Å². The molecule has 0 fully saturated rings. The lowest BCUT2D eigenvalue weighted by atomic mass is 10.2. The fourth-order valence-corrected chi connectivity index (χ4v) is 2.38. The quantitative estimate of drug-likeness (QED) is 0.570. The Kier molecular flexibility index (Phi) is 3.66. The van der Waals surface area contributed by atoms with Gasteiger partial charge in [0, 0.05) is 18.5 Å². The average molecular weight is 281 g/mol. The molecule has 0 spiro atoms. The maximum Gasteiger partial charge on any atom is 0.245 e. The van der Waals surface area contributed by atoms with Crippen molar-refractivity contribution in [2.24, 2.45) is 0 Å². The van der Waals surface area contributed by atoms with Crippen LogP contribution in [-0.4, -0.2) is 20.7 Å². The summed E-state index contributed by atoms with van der Waals surface area (Å²) in [6.07, 6.45) is 0.191. The molecule has 0 unspecified atom stereocenters. The van der Waals surface area contributed by atoms with Gasteiger partial charge in [0.2, 0.25) is 5.91 Å². The molecule has 0 atom stereocenters. The number of aromatic nitrogens is 2. The Morgan fingerprint density at radius 1 is 1.10 bits per heavy atom. The minimum Gasteiger partial charge on any atom is -0.323 e. The van der Waals surface area contributed by atoms with Gasteiger partial charge in [0.05, 0.1) is 11.0 Å². The number of nitrogens with one attached hydrogen (secondary N) is 1. The highest BCUT2D eigenvalue weighted by atomic mass is 16.5. The molecule has 0 aliphatic rings. The average Bonchev–Trinajstić information content (AvgIpc) is 2.92. The number of aryl methyl sites for hydroxylation is 1. The Labute approximate surface area is 121 Å². The fraction of sp³-hybridized carbons (Fsp3) is 0.125. The second kappa shape index (κ2) is 5.76. The molecule has 1 heterocycles. The van der Waals surface area contributed by atoms with E-state index in [9.17, 15) is 4.79 Å². The molecule has 0 bridgehead atoms. The summed E-state index contributed by atoms with van der Waals surface area (Å²) >= 11 is 0. The van der Waals surface area contributed by atoms with Crippen LogP contribution in [0, 0.1) is 0 Å². The third-order valence-corrected chi connectivity index (χ3v) is 3.37. The van der Waals surface area contributed by atoms with Gasteiger partial charge in [-0.2, -0.15) is 0 Å². The Morgan fingerprint density at radius 3 is 2.57 bits per heavy atom. The molecule has 1 amide bonds. The monoisotopic (exact) mass is 281 g/mol. The van der Waals surface area contributed by atoms with Crippen molar-refractivity contribution in [3.63, 3.8) is 0 Å². The molecule has 1 aromatic heterocycles. The van der Waals surface area contributed by atoms with E-state index in [1.54, 1.807) is 5.48 Å². The van der Waals surface area contributed by atoms with E-state index in [0.717, 1.165) is 22.4 Å². The zero-order valence-electron chi connectivity index (χ0n) is 11.4. The molecule has 0 saturated carbocycles. The third-order valence-electron chi connectivity index (χ3n) is 3.37. The van der Waals surface area contributed by atoms with Crippen LogP contribution in [0.1, 0.15) is 6.42 Å². The van der Waals surface area contributed by atoms with Crippen LogP contribution in [0.5, 0.6) is 0 Å². The summed E-state index contributed by atoms with van der Waals surface area (Å²) in [6.45, 7) is 0.455. The molecule has 0 radical (unpaired) electrons. The number of imidazole rings is 1. The largest absolute Gasteiger partial charge is 0.323 e. The van der Waals surface area contributed by atoms with Crippen molar-refractivity contribution >= 4 is 16.9 Å². The number of hydrogen-bond acceptors (Lipinski definition) is 3. The number of nitrogens with zero attached hydrogens (tertiary/aromatic N) is 2. The lowest BCUT2D eigenvalue weighted by Gasteiger charge is -2.08. The molecule has 3 rings (SSSR count). The Bertz CT molecular complexity index is 766. The Balaban J connectivity index is 2.08. The van der Waals surface area contributed by atoms with Crippen molar-refractivity contribution in [1.29, 1.82) is 0 Å². The summed E-state index contributed by atoms with van der Waals surface area (Å²) in [5.74, 6) is 0.411. The molecule has 0 aliphatic heterocycles. The summed E-state index contributed by atoms with van der Waals surface area (Å²) in [5, 5.41) is 8.64.